The smallest absolute Gasteiger partial charge is 0.257 e. The first kappa shape index (κ1) is 15.5. The lowest BCUT2D eigenvalue weighted by atomic mass is 10.1. The third-order valence-corrected chi connectivity index (χ3v) is 2.69. The van der Waals surface area contributed by atoms with Crippen LogP contribution in [-0.4, -0.2) is 32.8 Å². The van der Waals surface area contributed by atoms with Crippen molar-refractivity contribution in [2.45, 2.75) is 19.9 Å². The van der Waals surface area contributed by atoms with Gasteiger partial charge in [0.2, 0.25) is 0 Å². The van der Waals surface area contributed by atoms with E-state index in [9.17, 15) is 4.79 Å². The molecule has 0 aliphatic rings. The van der Waals surface area contributed by atoms with Crippen molar-refractivity contribution in [2.24, 2.45) is 5.73 Å². The molecule has 3 N–H and O–H groups in total. The number of rotatable bonds is 8. The maximum absolute atomic E-state index is 11.5. The molecule has 0 saturated heterocycles. The van der Waals surface area contributed by atoms with Crippen LogP contribution in [0.2, 0.25) is 0 Å². The monoisotopic (exact) mass is 266 g/mol. The number of carbonyl (C=O) groups is 1. The predicted octanol–water partition coefficient (Wildman–Crippen LogP) is 0.985. The fourth-order valence-electron chi connectivity index (χ4n) is 1.57. The number of nitrogens with one attached hydrogen (secondary N) is 1. The van der Waals surface area contributed by atoms with Crippen LogP contribution in [-0.2, 0) is 16.1 Å². The normalized spacial score (nSPS) is 10.3. The molecule has 5 nitrogen and oxygen atoms in total. The molecule has 0 spiro atoms. The Morgan fingerprint density at radius 2 is 2.21 bits per heavy atom. The Balaban J connectivity index is 2.37. The number of methoxy groups -OCH3 is 1. The molecule has 1 amide bonds. The van der Waals surface area contributed by atoms with Crippen molar-refractivity contribution in [3.63, 3.8) is 0 Å². The van der Waals surface area contributed by atoms with E-state index < -0.39 is 0 Å². The van der Waals surface area contributed by atoms with Gasteiger partial charge in [-0.15, -0.1) is 0 Å². The molecule has 0 atom stereocenters. The molecule has 0 heterocycles. The van der Waals surface area contributed by atoms with Crippen LogP contribution < -0.4 is 15.8 Å². The van der Waals surface area contributed by atoms with Crippen molar-refractivity contribution in [1.82, 2.24) is 5.32 Å². The highest BCUT2D eigenvalue weighted by Gasteiger charge is 2.05. The van der Waals surface area contributed by atoms with Crippen LogP contribution in [0.3, 0.4) is 0 Å². The van der Waals surface area contributed by atoms with E-state index in [-0.39, 0.29) is 12.5 Å². The van der Waals surface area contributed by atoms with E-state index in [1.165, 1.54) is 0 Å². The summed E-state index contributed by atoms with van der Waals surface area (Å²) in [5.41, 5.74) is 7.55. The third kappa shape index (κ3) is 5.72. The van der Waals surface area contributed by atoms with Crippen LogP contribution in [0.25, 0.3) is 0 Å². The molecule has 0 fully saturated rings. The Labute approximate surface area is 114 Å². The molecule has 1 rings (SSSR count). The summed E-state index contributed by atoms with van der Waals surface area (Å²) >= 11 is 0. The van der Waals surface area contributed by atoms with Gasteiger partial charge in [0, 0.05) is 26.8 Å². The minimum absolute atomic E-state index is 0.0157. The second-order valence-electron chi connectivity index (χ2n) is 4.29. The summed E-state index contributed by atoms with van der Waals surface area (Å²) < 4.78 is 10.4. The van der Waals surface area contributed by atoms with Crippen molar-refractivity contribution in [2.75, 3.05) is 26.9 Å². The summed E-state index contributed by atoms with van der Waals surface area (Å²) in [5.74, 6) is 0.573. The first-order valence-electron chi connectivity index (χ1n) is 6.35. The Kier molecular flexibility index (Phi) is 6.92. The van der Waals surface area contributed by atoms with E-state index in [2.05, 4.69) is 5.32 Å². The third-order valence-electron chi connectivity index (χ3n) is 2.69. The number of nitrogens with two attached hydrogens (primary N) is 1. The zero-order valence-corrected chi connectivity index (χ0v) is 11.6. The minimum atomic E-state index is -0.131. The van der Waals surface area contributed by atoms with E-state index in [0.29, 0.717) is 25.4 Å². The molecule has 0 bridgehead atoms. The van der Waals surface area contributed by atoms with Crippen molar-refractivity contribution in [1.29, 1.82) is 0 Å². The van der Waals surface area contributed by atoms with Gasteiger partial charge < -0.3 is 20.5 Å². The number of amides is 1. The van der Waals surface area contributed by atoms with Crippen molar-refractivity contribution in [3.8, 4) is 5.75 Å². The van der Waals surface area contributed by atoms with Gasteiger partial charge in [-0.3, -0.25) is 4.79 Å². The van der Waals surface area contributed by atoms with Crippen LogP contribution in [0.1, 0.15) is 17.5 Å². The molecule has 1 aromatic rings. The average Bonchev–Trinajstić information content (AvgIpc) is 2.43. The van der Waals surface area contributed by atoms with Gasteiger partial charge in [0.1, 0.15) is 5.75 Å². The van der Waals surface area contributed by atoms with Crippen LogP contribution in [0, 0.1) is 6.92 Å². The summed E-state index contributed by atoms with van der Waals surface area (Å²) in [4.78, 5) is 11.5. The number of carbonyl (C=O) groups excluding carboxylic acids is 1. The van der Waals surface area contributed by atoms with Gasteiger partial charge in [-0.2, -0.15) is 0 Å². The zero-order valence-electron chi connectivity index (χ0n) is 11.6. The fraction of sp³-hybridized carbons (Fsp3) is 0.500. The molecule has 0 saturated carbocycles. The van der Waals surface area contributed by atoms with Gasteiger partial charge in [-0.1, -0.05) is 12.1 Å². The first-order chi connectivity index (χ1) is 9.17. The highest BCUT2D eigenvalue weighted by Crippen LogP contribution is 2.19. The largest absolute Gasteiger partial charge is 0.483 e. The van der Waals surface area contributed by atoms with Crippen LogP contribution in [0.15, 0.2) is 18.2 Å². The molecule has 1 aromatic carbocycles. The molecule has 0 unspecified atom stereocenters. The summed E-state index contributed by atoms with van der Waals surface area (Å²) in [6.45, 7) is 3.64. The Bertz CT molecular complexity index is 408. The molecule has 0 aliphatic carbocycles. The van der Waals surface area contributed by atoms with Crippen molar-refractivity contribution < 1.29 is 14.3 Å². The van der Waals surface area contributed by atoms with E-state index >= 15 is 0 Å². The molecular weight excluding hydrogens is 244 g/mol. The molecule has 0 aromatic heterocycles. The molecule has 0 aliphatic heterocycles. The summed E-state index contributed by atoms with van der Waals surface area (Å²) in [5, 5.41) is 2.77. The van der Waals surface area contributed by atoms with Crippen LogP contribution >= 0.6 is 0 Å². The zero-order chi connectivity index (χ0) is 14.1. The summed E-state index contributed by atoms with van der Waals surface area (Å²) in [6, 6.07) is 5.76. The number of benzene rings is 1. The van der Waals surface area contributed by atoms with Gasteiger partial charge in [0.25, 0.3) is 5.91 Å². The quantitative estimate of drug-likeness (QED) is 0.688. The van der Waals surface area contributed by atoms with E-state index in [1.54, 1.807) is 7.11 Å². The standard InChI is InChI=1S/C14H22N2O3/c1-11-4-5-12(9-15)8-13(11)19-10-14(17)16-6-3-7-18-2/h4-5,8H,3,6-7,9-10,15H2,1-2H3,(H,16,17). The Morgan fingerprint density at radius 1 is 1.42 bits per heavy atom. The highest BCUT2D eigenvalue weighted by atomic mass is 16.5. The predicted molar refractivity (Wildman–Crippen MR) is 74.1 cm³/mol. The van der Waals surface area contributed by atoms with Crippen molar-refractivity contribution in [3.05, 3.63) is 29.3 Å². The number of hydrogen-bond donors (Lipinski definition) is 2. The summed E-state index contributed by atoms with van der Waals surface area (Å²) in [7, 11) is 1.64. The lowest BCUT2D eigenvalue weighted by molar-refractivity contribution is -0.123. The minimum Gasteiger partial charge on any atom is -0.483 e. The maximum Gasteiger partial charge on any atom is 0.257 e. The Morgan fingerprint density at radius 3 is 2.89 bits per heavy atom. The molecule has 19 heavy (non-hydrogen) atoms. The van der Waals surface area contributed by atoms with Crippen LogP contribution in [0.4, 0.5) is 0 Å². The van der Waals surface area contributed by atoms with Crippen molar-refractivity contribution >= 4 is 5.91 Å². The van der Waals surface area contributed by atoms with Gasteiger partial charge in [0.05, 0.1) is 0 Å². The number of aryl methyl sites for hydroxylation is 1. The highest BCUT2D eigenvalue weighted by molar-refractivity contribution is 5.77. The molecular formula is C14H22N2O3. The average molecular weight is 266 g/mol. The molecule has 106 valence electrons. The fourth-order valence-corrected chi connectivity index (χ4v) is 1.57. The lowest BCUT2D eigenvalue weighted by Gasteiger charge is -2.10. The number of ether oxygens (including phenoxy) is 2. The van der Waals surface area contributed by atoms with Gasteiger partial charge in [0.15, 0.2) is 6.61 Å². The van der Waals surface area contributed by atoms with E-state index in [1.807, 2.05) is 25.1 Å². The van der Waals surface area contributed by atoms with Gasteiger partial charge >= 0.3 is 0 Å². The molecule has 0 radical (unpaired) electrons. The second kappa shape index (κ2) is 8.50. The summed E-state index contributed by atoms with van der Waals surface area (Å²) in [6.07, 6.45) is 0.796. The number of hydrogen-bond acceptors (Lipinski definition) is 4. The second-order valence-corrected chi connectivity index (χ2v) is 4.29. The SMILES string of the molecule is COCCCNC(=O)COc1cc(CN)ccc1C. The topological polar surface area (TPSA) is 73.6 Å². The molecule has 5 heteroatoms. The van der Waals surface area contributed by atoms with Gasteiger partial charge in [-0.25, -0.2) is 0 Å². The first-order valence-corrected chi connectivity index (χ1v) is 6.35. The Hall–Kier alpha value is -1.59. The van der Waals surface area contributed by atoms with E-state index in [0.717, 1.165) is 17.5 Å². The van der Waals surface area contributed by atoms with Gasteiger partial charge in [-0.05, 0) is 30.5 Å². The van der Waals surface area contributed by atoms with E-state index in [4.69, 9.17) is 15.2 Å². The maximum atomic E-state index is 11.5. The lowest BCUT2D eigenvalue weighted by Crippen LogP contribution is -2.30. The van der Waals surface area contributed by atoms with Crippen LogP contribution in [0.5, 0.6) is 5.75 Å².